The number of esters is 1. The Morgan fingerprint density at radius 3 is 2.44 bits per heavy atom. The maximum Gasteiger partial charge on any atom is 0.340 e. The summed E-state index contributed by atoms with van der Waals surface area (Å²) in [5.74, 6) is 0.0402. The summed E-state index contributed by atoms with van der Waals surface area (Å²) in [6.07, 6.45) is -0.137. The molecule has 6 heteroatoms. The number of ether oxygens (including phenoxy) is 2. The molecule has 0 bridgehead atoms. The highest BCUT2D eigenvalue weighted by atomic mass is 32.1. The first-order valence-electron chi connectivity index (χ1n) is 8.09. The van der Waals surface area contributed by atoms with E-state index in [0.717, 1.165) is 21.1 Å². The number of nitrogens with one attached hydrogen (secondary N) is 1. The fourth-order valence-corrected chi connectivity index (χ4v) is 3.29. The van der Waals surface area contributed by atoms with Crippen LogP contribution in [-0.2, 0) is 16.0 Å². The summed E-state index contributed by atoms with van der Waals surface area (Å²) in [5.41, 5.74) is 1.62. The van der Waals surface area contributed by atoms with Crippen LogP contribution in [0.5, 0.6) is 5.75 Å². The normalized spacial score (nSPS) is 11.7. The van der Waals surface area contributed by atoms with Crippen molar-refractivity contribution < 1.29 is 19.1 Å². The number of carbonyl (C=O) groups is 2. The van der Waals surface area contributed by atoms with Gasteiger partial charge in [-0.05, 0) is 51.0 Å². The van der Waals surface area contributed by atoms with Crippen LogP contribution in [0.1, 0.15) is 32.6 Å². The third-order valence-electron chi connectivity index (χ3n) is 3.79. The fourth-order valence-electron chi connectivity index (χ4n) is 2.38. The minimum atomic E-state index is -0.831. The quantitative estimate of drug-likeness (QED) is 0.769. The maximum absolute atomic E-state index is 12.1. The van der Waals surface area contributed by atoms with Crippen LogP contribution in [0.4, 0.5) is 0 Å². The number of methoxy groups -OCH3 is 1. The Balaban J connectivity index is 1.79. The molecule has 1 aromatic heterocycles. The summed E-state index contributed by atoms with van der Waals surface area (Å²) in [6.45, 7) is 5.86. The van der Waals surface area contributed by atoms with Gasteiger partial charge in [0.15, 0.2) is 6.10 Å². The lowest BCUT2D eigenvalue weighted by Gasteiger charge is -2.13. The Kier molecular flexibility index (Phi) is 6.58. The minimum Gasteiger partial charge on any atom is -0.497 e. The van der Waals surface area contributed by atoms with Gasteiger partial charge in [0.1, 0.15) is 5.75 Å². The molecule has 2 aromatic rings. The van der Waals surface area contributed by atoms with E-state index in [1.807, 2.05) is 38.1 Å². The number of benzene rings is 1. The lowest BCUT2D eigenvalue weighted by molar-refractivity contribution is -0.129. The van der Waals surface area contributed by atoms with Gasteiger partial charge in [-0.1, -0.05) is 12.1 Å². The number of hydrogen-bond acceptors (Lipinski definition) is 5. The maximum atomic E-state index is 12.1. The zero-order valence-electron chi connectivity index (χ0n) is 14.9. The number of aryl methyl sites for hydroxylation is 2. The number of rotatable bonds is 7. The first kappa shape index (κ1) is 19.0. The van der Waals surface area contributed by atoms with Crippen LogP contribution in [0.3, 0.4) is 0 Å². The van der Waals surface area contributed by atoms with Crippen molar-refractivity contribution in [1.29, 1.82) is 0 Å². The lowest BCUT2D eigenvalue weighted by atomic mass is 10.1. The zero-order valence-corrected chi connectivity index (χ0v) is 15.7. The molecule has 2 rings (SSSR count). The van der Waals surface area contributed by atoms with Crippen molar-refractivity contribution in [3.8, 4) is 5.75 Å². The third kappa shape index (κ3) is 5.32. The second-order valence-corrected chi connectivity index (χ2v) is 7.22. The van der Waals surface area contributed by atoms with Gasteiger partial charge in [0.2, 0.25) is 0 Å². The number of carbonyl (C=O) groups excluding carboxylic acids is 2. The summed E-state index contributed by atoms with van der Waals surface area (Å²) >= 11 is 1.54. The summed E-state index contributed by atoms with van der Waals surface area (Å²) in [4.78, 5) is 26.2. The van der Waals surface area contributed by atoms with Gasteiger partial charge in [-0.3, -0.25) is 4.79 Å². The molecule has 5 nitrogen and oxygen atoms in total. The van der Waals surface area contributed by atoms with Crippen molar-refractivity contribution in [2.24, 2.45) is 0 Å². The summed E-state index contributed by atoms with van der Waals surface area (Å²) in [6, 6.07) is 9.46. The largest absolute Gasteiger partial charge is 0.497 e. The van der Waals surface area contributed by atoms with Crippen molar-refractivity contribution in [2.75, 3.05) is 13.7 Å². The fraction of sp³-hybridized carbons (Fsp3) is 0.368. The van der Waals surface area contributed by atoms with E-state index in [1.54, 1.807) is 20.1 Å². The van der Waals surface area contributed by atoms with E-state index >= 15 is 0 Å². The van der Waals surface area contributed by atoms with E-state index in [9.17, 15) is 9.59 Å². The molecule has 0 aliphatic carbocycles. The van der Waals surface area contributed by atoms with Gasteiger partial charge in [-0.25, -0.2) is 4.79 Å². The van der Waals surface area contributed by atoms with Crippen LogP contribution in [0, 0.1) is 13.8 Å². The minimum absolute atomic E-state index is 0.300. The molecule has 0 fully saturated rings. The topological polar surface area (TPSA) is 64.6 Å². The van der Waals surface area contributed by atoms with E-state index < -0.39 is 12.1 Å². The Bertz CT molecular complexity index is 736. The third-order valence-corrected chi connectivity index (χ3v) is 4.75. The number of thiophene rings is 1. The molecular weight excluding hydrogens is 338 g/mol. The van der Waals surface area contributed by atoms with E-state index in [-0.39, 0.29) is 5.91 Å². The first-order chi connectivity index (χ1) is 11.9. The molecular formula is C19H23NO4S. The number of amides is 1. The second kappa shape index (κ2) is 8.67. The van der Waals surface area contributed by atoms with Crippen molar-refractivity contribution in [3.05, 3.63) is 51.2 Å². The molecule has 0 saturated heterocycles. The highest BCUT2D eigenvalue weighted by Crippen LogP contribution is 2.21. The van der Waals surface area contributed by atoms with Gasteiger partial charge in [0, 0.05) is 16.3 Å². The first-order valence-corrected chi connectivity index (χ1v) is 8.91. The summed E-state index contributed by atoms with van der Waals surface area (Å²) < 4.78 is 10.4. The standard InChI is InChI=1S/C19H23NO4S/c1-12-11-17(14(3)25-12)19(22)24-13(2)18(21)20-10-9-15-5-7-16(23-4)8-6-15/h5-8,11,13H,9-10H2,1-4H3,(H,20,21). The van der Waals surface area contributed by atoms with Crippen LogP contribution in [0.2, 0.25) is 0 Å². The molecule has 1 aromatic carbocycles. The molecule has 0 spiro atoms. The van der Waals surface area contributed by atoms with E-state index in [2.05, 4.69) is 5.32 Å². The van der Waals surface area contributed by atoms with E-state index in [1.165, 1.54) is 11.3 Å². The van der Waals surface area contributed by atoms with Gasteiger partial charge < -0.3 is 14.8 Å². The van der Waals surface area contributed by atoms with E-state index in [0.29, 0.717) is 18.5 Å². The van der Waals surface area contributed by atoms with Crippen LogP contribution >= 0.6 is 11.3 Å². The Morgan fingerprint density at radius 2 is 1.88 bits per heavy atom. The summed E-state index contributed by atoms with van der Waals surface area (Å²) in [7, 11) is 1.62. The SMILES string of the molecule is COc1ccc(CCNC(=O)C(C)OC(=O)c2cc(C)sc2C)cc1. The molecule has 1 amide bonds. The predicted octanol–water partition coefficient (Wildman–Crippen LogP) is 3.28. The monoisotopic (exact) mass is 361 g/mol. The smallest absolute Gasteiger partial charge is 0.340 e. The molecule has 1 atom stereocenters. The molecule has 1 heterocycles. The Labute approximate surface area is 152 Å². The predicted molar refractivity (Wildman–Crippen MR) is 98.4 cm³/mol. The van der Waals surface area contributed by atoms with Crippen molar-refractivity contribution in [3.63, 3.8) is 0 Å². The molecule has 0 saturated carbocycles. The van der Waals surface area contributed by atoms with Gasteiger partial charge in [-0.15, -0.1) is 11.3 Å². The van der Waals surface area contributed by atoms with Gasteiger partial charge in [0.25, 0.3) is 5.91 Å². The van der Waals surface area contributed by atoms with Crippen molar-refractivity contribution in [2.45, 2.75) is 33.3 Å². The van der Waals surface area contributed by atoms with Crippen LogP contribution in [0.15, 0.2) is 30.3 Å². The lowest BCUT2D eigenvalue weighted by Crippen LogP contribution is -2.36. The Hall–Kier alpha value is -2.34. The molecule has 0 aliphatic heterocycles. The van der Waals surface area contributed by atoms with Crippen LogP contribution < -0.4 is 10.1 Å². The molecule has 25 heavy (non-hydrogen) atoms. The highest BCUT2D eigenvalue weighted by molar-refractivity contribution is 7.12. The molecule has 0 aliphatic rings. The van der Waals surface area contributed by atoms with E-state index in [4.69, 9.17) is 9.47 Å². The zero-order chi connectivity index (χ0) is 18.4. The van der Waals surface area contributed by atoms with Gasteiger partial charge >= 0.3 is 5.97 Å². The van der Waals surface area contributed by atoms with Crippen LogP contribution in [-0.4, -0.2) is 31.6 Å². The summed E-state index contributed by atoms with van der Waals surface area (Å²) in [5, 5.41) is 2.79. The number of hydrogen-bond donors (Lipinski definition) is 1. The molecule has 1 unspecified atom stereocenters. The van der Waals surface area contributed by atoms with Crippen LogP contribution in [0.25, 0.3) is 0 Å². The molecule has 0 radical (unpaired) electrons. The highest BCUT2D eigenvalue weighted by Gasteiger charge is 2.20. The average molecular weight is 361 g/mol. The Morgan fingerprint density at radius 1 is 1.20 bits per heavy atom. The van der Waals surface area contributed by atoms with Crippen molar-refractivity contribution >= 4 is 23.2 Å². The van der Waals surface area contributed by atoms with Gasteiger partial charge in [0.05, 0.1) is 12.7 Å². The molecule has 1 N–H and O–H groups in total. The van der Waals surface area contributed by atoms with Gasteiger partial charge in [-0.2, -0.15) is 0 Å². The average Bonchev–Trinajstić information content (AvgIpc) is 2.93. The molecule has 134 valence electrons. The second-order valence-electron chi connectivity index (χ2n) is 5.76. The van der Waals surface area contributed by atoms with Crippen molar-refractivity contribution in [1.82, 2.24) is 5.32 Å².